The molecule has 1 unspecified atom stereocenters. The van der Waals surface area contributed by atoms with Gasteiger partial charge in [0.05, 0.1) is 6.33 Å². The normalized spacial score (nSPS) is 20.5. The Morgan fingerprint density at radius 3 is 2.93 bits per heavy atom. The summed E-state index contributed by atoms with van der Waals surface area (Å²) in [4.78, 5) is 4.00. The largest absolute Gasteiger partial charge is 0.382 e. The molecule has 0 amide bonds. The predicted octanol–water partition coefficient (Wildman–Crippen LogP) is 0.0398. The van der Waals surface area contributed by atoms with Gasteiger partial charge in [0.1, 0.15) is 5.82 Å². The molecule has 1 aliphatic heterocycles. The molecule has 0 radical (unpaired) electrons. The van der Waals surface area contributed by atoms with Gasteiger partial charge in [-0.1, -0.05) is 0 Å². The van der Waals surface area contributed by atoms with Crippen LogP contribution in [0.15, 0.2) is 12.5 Å². The predicted molar refractivity (Wildman–Crippen MR) is 62.3 cm³/mol. The van der Waals surface area contributed by atoms with Crippen LogP contribution in [0, 0.1) is 5.92 Å². The standard InChI is InChI=1S/C9H16N4.CH5N/c10-9-6-13(7-12-9)5-8-2-1-3-11-4-8;1-2/h6-8,11H,1-5,10H2;2H2,1H3. The zero-order valence-electron chi connectivity index (χ0n) is 9.32. The van der Waals surface area contributed by atoms with Gasteiger partial charge in [-0.05, 0) is 38.9 Å². The maximum Gasteiger partial charge on any atom is 0.141 e. The van der Waals surface area contributed by atoms with Gasteiger partial charge in [0.2, 0.25) is 0 Å². The molecule has 0 spiro atoms. The summed E-state index contributed by atoms with van der Waals surface area (Å²) in [5, 5.41) is 3.40. The van der Waals surface area contributed by atoms with Crippen molar-refractivity contribution in [1.29, 1.82) is 0 Å². The smallest absolute Gasteiger partial charge is 0.141 e. The van der Waals surface area contributed by atoms with E-state index in [1.807, 2.05) is 12.5 Å². The first kappa shape index (κ1) is 12.0. The Morgan fingerprint density at radius 2 is 2.40 bits per heavy atom. The average molecular weight is 211 g/mol. The van der Waals surface area contributed by atoms with E-state index in [0.717, 1.165) is 19.0 Å². The number of nitrogens with one attached hydrogen (secondary N) is 1. The molecule has 0 bridgehead atoms. The van der Waals surface area contributed by atoms with E-state index in [-0.39, 0.29) is 0 Å². The number of nitrogens with zero attached hydrogens (tertiary/aromatic N) is 2. The Kier molecular flexibility index (Phi) is 5.14. The van der Waals surface area contributed by atoms with Gasteiger partial charge < -0.3 is 21.4 Å². The Hall–Kier alpha value is -1.07. The van der Waals surface area contributed by atoms with Crippen molar-refractivity contribution >= 4 is 5.82 Å². The Bertz CT molecular complexity index is 265. The third-order valence-corrected chi connectivity index (χ3v) is 2.52. The lowest BCUT2D eigenvalue weighted by Crippen LogP contribution is -2.31. The summed E-state index contributed by atoms with van der Waals surface area (Å²) in [5.41, 5.74) is 10.0. The van der Waals surface area contributed by atoms with Crippen LogP contribution in [-0.2, 0) is 6.54 Å². The molecule has 15 heavy (non-hydrogen) atoms. The van der Waals surface area contributed by atoms with E-state index in [2.05, 4.69) is 20.6 Å². The maximum atomic E-state index is 5.54. The van der Waals surface area contributed by atoms with Gasteiger partial charge >= 0.3 is 0 Å². The summed E-state index contributed by atoms with van der Waals surface area (Å²) in [5.74, 6) is 1.35. The second kappa shape index (κ2) is 6.42. The Morgan fingerprint density at radius 1 is 1.60 bits per heavy atom. The number of piperidine rings is 1. The van der Waals surface area contributed by atoms with Crippen LogP contribution < -0.4 is 16.8 Å². The van der Waals surface area contributed by atoms with E-state index in [0.29, 0.717) is 5.82 Å². The molecule has 5 heteroatoms. The highest BCUT2D eigenvalue weighted by molar-refractivity contribution is 5.22. The van der Waals surface area contributed by atoms with Crippen LogP contribution in [0.1, 0.15) is 12.8 Å². The highest BCUT2D eigenvalue weighted by Crippen LogP contribution is 2.12. The van der Waals surface area contributed by atoms with Gasteiger partial charge in [-0.15, -0.1) is 0 Å². The van der Waals surface area contributed by atoms with E-state index in [9.17, 15) is 0 Å². The van der Waals surface area contributed by atoms with Crippen LogP contribution in [0.5, 0.6) is 0 Å². The van der Waals surface area contributed by atoms with Crippen LogP contribution in [0.2, 0.25) is 0 Å². The molecule has 2 rings (SSSR count). The van der Waals surface area contributed by atoms with E-state index in [1.165, 1.54) is 26.4 Å². The molecule has 0 aromatic carbocycles. The highest BCUT2D eigenvalue weighted by atomic mass is 15.1. The van der Waals surface area contributed by atoms with Crippen LogP contribution in [0.25, 0.3) is 0 Å². The topological polar surface area (TPSA) is 81.9 Å². The van der Waals surface area contributed by atoms with Crippen LogP contribution >= 0.6 is 0 Å². The molecule has 1 saturated heterocycles. The molecule has 5 nitrogen and oxygen atoms in total. The number of imidazole rings is 1. The van der Waals surface area contributed by atoms with Crippen molar-refractivity contribution in [1.82, 2.24) is 14.9 Å². The lowest BCUT2D eigenvalue weighted by molar-refractivity contribution is 0.337. The van der Waals surface area contributed by atoms with Crippen molar-refractivity contribution in [3.8, 4) is 0 Å². The summed E-state index contributed by atoms with van der Waals surface area (Å²) >= 11 is 0. The molecule has 1 fully saturated rings. The minimum absolute atomic E-state index is 0.615. The van der Waals surface area contributed by atoms with Crippen molar-refractivity contribution in [2.75, 3.05) is 25.9 Å². The Balaban J connectivity index is 0.000000531. The summed E-state index contributed by atoms with van der Waals surface area (Å²) in [7, 11) is 1.50. The molecular weight excluding hydrogens is 190 g/mol. The highest BCUT2D eigenvalue weighted by Gasteiger charge is 2.12. The number of anilines is 1. The molecule has 2 heterocycles. The minimum atomic E-state index is 0.615. The summed E-state index contributed by atoms with van der Waals surface area (Å²) in [6, 6.07) is 0. The second-order valence-corrected chi connectivity index (χ2v) is 3.71. The fraction of sp³-hybridized carbons (Fsp3) is 0.700. The van der Waals surface area contributed by atoms with Gasteiger partial charge in [0.25, 0.3) is 0 Å². The zero-order valence-corrected chi connectivity index (χ0v) is 9.32. The van der Waals surface area contributed by atoms with Gasteiger partial charge in [0, 0.05) is 12.7 Å². The molecular formula is C10H21N5. The summed E-state index contributed by atoms with van der Waals surface area (Å²) in [6.45, 7) is 3.33. The maximum absolute atomic E-state index is 5.54. The van der Waals surface area contributed by atoms with Crippen molar-refractivity contribution in [2.24, 2.45) is 11.7 Å². The number of nitrogens with two attached hydrogens (primary N) is 2. The van der Waals surface area contributed by atoms with E-state index in [1.54, 1.807) is 0 Å². The van der Waals surface area contributed by atoms with Crippen molar-refractivity contribution < 1.29 is 0 Å². The number of aromatic nitrogens is 2. The fourth-order valence-electron chi connectivity index (χ4n) is 1.86. The van der Waals surface area contributed by atoms with Crippen molar-refractivity contribution in [3.63, 3.8) is 0 Å². The Labute approximate surface area is 90.9 Å². The number of nitrogen functional groups attached to an aromatic ring is 1. The van der Waals surface area contributed by atoms with E-state index in [4.69, 9.17) is 5.73 Å². The molecule has 0 saturated carbocycles. The SMILES string of the molecule is CN.Nc1cn(CC2CCCNC2)cn1. The molecule has 1 aromatic heterocycles. The molecule has 1 atom stereocenters. The molecule has 86 valence electrons. The number of rotatable bonds is 2. The summed E-state index contributed by atoms with van der Waals surface area (Å²) in [6.07, 6.45) is 6.30. The lowest BCUT2D eigenvalue weighted by atomic mass is 10.00. The van der Waals surface area contributed by atoms with Crippen LogP contribution in [0.3, 0.4) is 0 Å². The first-order chi connectivity index (χ1) is 7.34. The van der Waals surface area contributed by atoms with Crippen molar-refractivity contribution in [3.05, 3.63) is 12.5 Å². The van der Waals surface area contributed by atoms with Gasteiger partial charge in [-0.25, -0.2) is 4.98 Å². The van der Waals surface area contributed by atoms with Crippen LogP contribution in [0.4, 0.5) is 5.82 Å². The van der Waals surface area contributed by atoms with Gasteiger partial charge in [-0.3, -0.25) is 0 Å². The zero-order chi connectivity index (χ0) is 11.1. The molecule has 5 N–H and O–H groups in total. The van der Waals surface area contributed by atoms with Crippen molar-refractivity contribution in [2.45, 2.75) is 19.4 Å². The quantitative estimate of drug-likeness (QED) is 0.645. The fourth-order valence-corrected chi connectivity index (χ4v) is 1.86. The first-order valence-electron chi connectivity index (χ1n) is 5.40. The monoisotopic (exact) mass is 211 g/mol. The van der Waals surface area contributed by atoms with Crippen LogP contribution in [-0.4, -0.2) is 29.7 Å². The second-order valence-electron chi connectivity index (χ2n) is 3.71. The molecule has 0 aliphatic carbocycles. The minimum Gasteiger partial charge on any atom is -0.382 e. The van der Waals surface area contributed by atoms with E-state index < -0.39 is 0 Å². The average Bonchev–Trinajstić information content (AvgIpc) is 2.68. The van der Waals surface area contributed by atoms with Gasteiger partial charge in [-0.2, -0.15) is 0 Å². The summed E-state index contributed by atoms with van der Waals surface area (Å²) < 4.78 is 2.08. The lowest BCUT2D eigenvalue weighted by Gasteiger charge is -2.22. The number of hydrogen-bond donors (Lipinski definition) is 3. The third-order valence-electron chi connectivity index (χ3n) is 2.52. The third kappa shape index (κ3) is 3.89. The van der Waals surface area contributed by atoms with E-state index >= 15 is 0 Å². The number of hydrogen-bond acceptors (Lipinski definition) is 4. The molecule has 1 aromatic rings. The van der Waals surface area contributed by atoms with Gasteiger partial charge in [0.15, 0.2) is 0 Å². The molecule has 1 aliphatic rings. The first-order valence-corrected chi connectivity index (χ1v) is 5.40.